The SMILES string of the molecule is Cc1ccc(C(=O)N2C(=O)c3ccccc3N=C3Nc4ccccc4NC(c4ccco4)C32)cc1. The number of hydrogen-bond acceptors (Lipinski definition) is 6. The molecule has 2 aliphatic rings. The predicted octanol–water partition coefficient (Wildman–Crippen LogP) is 5.56. The van der Waals surface area contributed by atoms with Gasteiger partial charge in [0.15, 0.2) is 0 Å². The Kier molecular flexibility index (Phi) is 4.95. The minimum atomic E-state index is -0.803. The molecule has 2 amide bonds. The fraction of sp³-hybridized carbons (Fsp3) is 0.107. The second-order valence-corrected chi connectivity index (χ2v) is 8.61. The maximum Gasteiger partial charge on any atom is 0.263 e. The maximum absolute atomic E-state index is 14.0. The summed E-state index contributed by atoms with van der Waals surface area (Å²) in [4.78, 5) is 34.2. The van der Waals surface area contributed by atoms with E-state index in [2.05, 4.69) is 10.6 Å². The van der Waals surface area contributed by atoms with E-state index in [1.807, 2.05) is 55.5 Å². The molecule has 2 aliphatic heterocycles. The van der Waals surface area contributed by atoms with Gasteiger partial charge in [0.2, 0.25) is 0 Å². The molecule has 0 aliphatic carbocycles. The smallest absolute Gasteiger partial charge is 0.263 e. The van der Waals surface area contributed by atoms with Crippen LogP contribution in [-0.4, -0.2) is 28.6 Å². The van der Waals surface area contributed by atoms with E-state index in [0.29, 0.717) is 28.4 Å². The van der Waals surface area contributed by atoms with E-state index in [-0.39, 0.29) is 0 Å². The van der Waals surface area contributed by atoms with Crippen LogP contribution in [0, 0.1) is 6.92 Å². The molecule has 2 atom stereocenters. The van der Waals surface area contributed by atoms with Crippen molar-refractivity contribution in [2.45, 2.75) is 19.0 Å². The summed E-state index contributed by atoms with van der Waals surface area (Å²) < 4.78 is 5.80. The first-order valence-corrected chi connectivity index (χ1v) is 11.4. The second-order valence-electron chi connectivity index (χ2n) is 8.61. The summed E-state index contributed by atoms with van der Waals surface area (Å²) in [5.74, 6) is 0.237. The van der Waals surface area contributed by atoms with Crippen molar-refractivity contribution < 1.29 is 14.0 Å². The lowest BCUT2D eigenvalue weighted by Gasteiger charge is -2.33. The summed E-state index contributed by atoms with van der Waals surface area (Å²) in [7, 11) is 0. The molecule has 0 spiro atoms. The third kappa shape index (κ3) is 3.58. The number of benzene rings is 3. The first kappa shape index (κ1) is 20.9. The zero-order valence-electron chi connectivity index (χ0n) is 18.9. The van der Waals surface area contributed by atoms with E-state index in [1.165, 1.54) is 4.90 Å². The van der Waals surface area contributed by atoms with E-state index in [9.17, 15) is 9.59 Å². The Labute approximate surface area is 202 Å². The normalized spacial score (nSPS) is 18.6. The molecule has 172 valence electrons. The van der Waals surface area contributed by atoms with Crippen molar-refractivity contribution in [3.05, 3.63) is 114 Å². The number of amides is 2. The first-order chi connectivity index (χ1) is 17.1. The summed E-state index contributed by atoms with van der Waals surface area (Å²) >= 11 is 0. The van der Waals surface area contributed by atoms with E-state index in [1.54, 1.807) is 42.7 Å². The zero-order valence-corrected chi connectivity index (χ0v) is 18.9. The van der Waals surface area contributed by atoms with Crippen molar-refractivity contribution in [2.75, 3.05) is 10.6 Å². The number of nitrogens with zero attached hydrogens (tertiary/aromatic N) is 2. The number of carbonyl (C=O) groups is 2. The summed E-state index contributed by atoms with van der Waals surface area (Å²) in [6.07, 6.45) is 1.58. The number of fused-ring (bicyclic) bond motifs is 3. The van der Waals surface area contributed by atoms with Crippen LogP contribution in [0.25, 0.3) is 0 Å². The van der Waals surface area contributed by atoms with Gasteiger partial charge >= 0.3 is 0 Å². The third-order valence-electron chi connectivity index (χ3n) is 6.34. The van der Waals surface area contributed by atoms with Crippen LogP contribution in [0.4, 0.5) is 17.1 Å². The number of nitrogens with one attached hydrogen (secondary N) is 2. The van der Waals surface area contributed by atoms with Gasteiger partial charge in [-0.15, -0.1) is 0 Å². The van der Waals surface area contributed by atoms with E-state index >= 15 is 0 Å². The molecular weight excluding hydrogens is 440 g/mol. The molecule has 0 saturated heterocycles. The van der Waals surface area contributed by atoms with Gasteiger partial charge in [-0.1, -0.05) is 42.0 Å². The van der Waals surface area contributed by atoms with Crippen LogP contribution in [0.1, 0.15) is 38.1 Å². The minimum Gasteiger partial charge on any atom is -0.467 e. The van der Waals surface area contributed by atoms with Crippen LogP contribution in [0.5, 0.6) is 0 Å². The molecule has 3 heterocycles. The molecule has 0 radical (unpaired) electrons. The number of aliphatic imine (C=N–C) groups is 1. The highest BCUT2D eigenvalue weighted by Crippen LogP contribution is 2.39. The number of carbonyl (C=O) groups excluding carboxylic acids is 2. The van der Waals surface area contributed by atoms with Crippen molar-refractivity contribution >= 4 is 34.7 Å². The van der Waals surface area contributed by atoms with Crippen LogP contribution in [-0.2, 0) is 0 Å². The number of imide groups is 1. The lowest BCUT2D eigenvalue weighted by molar-refractivity contribution is 0.0574. The van der Waals surface area contributed by atoms with Gasteiger partial charge in [-0.25, -0.2) is 4.99 Å². The van der Waals surface area contributed by atoms with Gasteiger partial charge in [-0.3, -0.25) is 14.5 Å². The Morgan fingerprint density at radius 1 is 0.914 bits per heavy atom. The molecule has 7 nitrogen and oxygen atoms in total. The molecule has 7 heteroatoms. The number of amidine groups is 1. The summed E-state index contributed by atoms with van der Waals surface area (Å²) in [6, 6.07) is 24.2. The highest BCUT2D eigenvalue weighted by molar-refractivity contribution is 6.19. The molecule has 0 bridgehead atoms. The topological polar surface area (TPSA) is 86.9 Å². The summed E-state index contributed by atoms with van der Waals surface area (Å²) in [6.45, 7) is 1.95. The van der Waals surface area contributed by atoms with E-state index < -0.39 is 23.9 Å². The molecule has 4 aromatic rings. The Bertz CT molecular complexity index is 1460. The number of anilines is 2. The third-order valence-corrected chi connectivity index (χ3v) is 6.34. The van der Waals surface area contributed by atoms with Crippen molar-refractivity contribution in [1.29, 1.82) is 0 Å². The Morgan fingerprint density at radius 3 is 2.43 bits per heavy atom. The number of rotatable bonds is 2. The second kappa shape index (κ2) is 8.29. The molecule has 0 fully saturated rings. The Hall–Kier alpha value is -4.65. The van der Waals surface area contributed by atoms with Gasteiger partial charge in [-0.2, -0.15) is 0 Å². The quantitative estimate of drug-likeness (QED) is 0.381. The van der Waals surface area contributed by atoms with Crippen molar-refractivity contribution in [3.63, 3.8) is 0 Å². The van der Waals surface area contributed by atoms with Gasteiger partial charge in [-0.05, 0) is 55.5 Å². The van der Waals surface area contributed by atoms with Crippen molar-refractivity contribution in [2.24, 2.45) is 4.99 Å². The molecule has 3 aromatic carbocycles. The van der Waals surface area contributed by atoms with Crippen LogP contribution < -0.4 is 10.6 Å². The average molecular weight is 463 g/mol. The van der Waals surface area contributed by atoms with Crippen LogP contribution >= 0.6 is 0 Å². The lowest BCUT2D eigenvalue weighted by Crippen LogP contribution is -2.53. The van der Waals surface area contributed by atoms with Crippen molar-refractivity contribution in [1.82, 2.24) is 4.90 Å². The predicted molar refractivity (Wildman–Crippen MR) is 134 cm³/mol. The standard InChI is InChI=1S/C28H22N4O3/c1-17-12-14-18(15-13-17)27(33)32-25-24(23-11-6-16-35-23)29-21-9-4-5-10-22(21)31-26(25)30-20-8-3-2-7-19(20)28(32)34/h2-16,24-25,29H,1H3,(H,30,31). The zero-order chi connectivity index (χ0) is 23.9. The van der Waals surface area contributed by atoms with E-state index in [0.717, 1.165) is 16.9 Å². The summed E-state index contributed by atoms with van der Waals surface area (Å²) in [5, 5.41) is 6.90. The molecular formula is C28H22N4O3. The van der Waals surface area contributed by atoms with Gasteiger partial charge < -0.3 is 15.1 Å². The number of furan rings is 1. The molecule has 0 saturated carbocycles. The number of hydrogen-bond donors (Lipinski definition) is 2. The van der Waals surface area contributed by atoms with Crippen LogP contribution in [0.2, 0.25) is 0 Å². The maximum atomic E-state index is 14.0. The molecule has 2 N–H and O–H groups in total. The van der Waals surface area contributed by atoms with Gasteiger partial charge in [0, 0.05) is 5.56 Å². The van der Waals surface area contributed by atoms with Crippen LogP contribution in [0.3, 0.4) is 0 Å². The molecule has 2 unspecified atom stereocenters. The highest BCUT2D eigenvalue weighted by atomic mass is 16.3. The fourth-order valence-electron chi connectivity index (χ4n) is 4.59. The van der Waals surface area contributed by atoms with Gasteiger partial charge in [0.05, 0.1) is 28.9 Å². The van der Waals surface area contributed by atoms with Gasteiger partial charge in [0.1, 0.15) is 23.7 Å². The highest BCUT2D eigenvalue weighted by Gasteiger charge is 2.45. The number of aryl methyl sites for hydroxylation is 1. The molecule has 6 rings (SSSR count). The van der Waals surface area contributed by atoms with Gasteiger partial charge in [0.25, 0.3) is 11.8 Å². The minimum absolute atomic E-state index is 0.363. The summed E-state index contributed by atoms with van der Waals surface area (Å²) in [5.41, 5.74) is 3.91. The largest absolute Gasteiger partial charge is 0.467 e. The molecule has 35 heavy (non-hydrogen) atoms. The lowest BCUT2D eigenvalue weighted by atomic mass is 10.00. The molecule has 1 aromatic heterocycles. The average Bonchev–Trinajstić information content (AvgIpc) is 3.32. The first-order valence-electron chi connectivity index (χ1n) is 11.4. The van der Waals surface area contributed by atoms with Crippen molar-refractivity contribution in [3.8, 4) is 0 Å². The number of para-hydroxylation sites is 3. The fourth-order valence-corrected chi connectivity index (χ4v) is 4.59. The Morgan fingerprint density at radius 2 is 1.66 bits per heavy atom. The Balaban J connectivity index is 1.59. The van der Waals surface area contributed by atoms with E-state index in [4.69, 9.17) is 9.41 Å². The monoisotopic (exact) mass is 462 g/mol. The van der Waals surface area contributed by atoms with Crippen LogP contribution in [0.15, 0.2) is 101 Å².